The van der Waals surface area contributed by atoms with Crippen molar-refractivity contribution in [3.63, 3.8) is 0 Å². The Balaban J connectivity index is 1.66. The number of phenolic OH excluding ortho intramolecular Hbond substituents is 1. The zero-order valence-electron chi connectivity index (χ0n) is 15.2. The fraction of sp³-hybridized carbons (Fsp3) is 0.579. The Labute approximate surface area is 149 Å². The van der Waals surface area contributed by atoms with Crippen LogP contribution in [0.15, 0.2) is 24.3 Å². The highest BCUT2D eigenvalue weighted by Gasteiger charge is 2.56. The maximum Gasteiger partial charge on any atom is 0.327 e. The first-order chi connectivity index (χ1) is 11.8. The second-order valence-corrected chi connectivity index (χ2v) is 7.63. The Kier molecular flexibility index (Phi) is 4.73. The average molecular weight is 345 g/mol. The minimum absolute atomic E-state index is 0.0296. The molecule has 2 aliphatic rings. The molecule has 2 aliphatic heterocycles. The summed E-state index contributed by atoms with van der Waals surface area (Å²) in [5.74, 6) is 0.507. The molecule has 3 amide bonds. The van der Waals surface area contributed by atoms with Crippen LogP contribution in [-0.2, 0) is 11.3 Å². The predicted octanol–water partition coefficient (Wildman–Crippen LogP) is 2.28. The lowest BCUT2D eigenvalue weighted by atomic mass is 9.86. The largest absolute Gasteiger partial charge is 0.508 e. The van der Waals surface area contributed by atoms with E-state index in [1.54, 1.807) is 24.1 Å². The van der Waals surface area contributed by atoms with Crippen molar-refractivity contribution in [1.82, 2.24) is 14.7 Å². The van der Waals surface area contributed by atoms with E-state index in [1.807, 2.05) is 26.0 Å². The predicted molar refractivity (Wildman–Crippen MR) is 95.1 cm³/mol. The summed E-state index contributed by atoms with van der Waals surface area (Å²) in [7, 11) is 1.76. The molecule has 6 nitrogen and oxygen atoms in total. The van der Waals surface area contributed by atoms with Crippen LogP contribution in [0.2, 0.25) is 0 Å². The first kappa shape index (κ1) is 17.7. The van der Waals surface area contributed by atoms with Gasteiger partial charge in [-0.25, -0.2) is 4.79 Å². The van der Waals surface area contributed by atoms with Crippen molar-refractivity contribution < 1.29 is 14.7 Å². The van der Waals surface area contributed by atoms with Gasteiger partial charge in [-0.1, -0.05) is 26.0 Å². The molecule has 0 atom stereocenters. The summed E-state index contributed by atoms with van der Waals surface area (Å²) in [5, 5.41) is 9.38. The van der Waals surface area contributed by atoms with E-state index in [0.29, 0.717) is 19.4 Å². The number of aromatic hydroxyl groups is 1. The van der Waals surface area contributed by atoms with Crippen molar-refractivity contribution in [2.24, 2.45) is 5.92 Å². The molecule has 1 N–H and O–H groups in total. The second-order valence-electron chi connectivity index (χ2n) is 7.63. The Hall–Kier alpha value is -2.08. The van der Waals surface area contributed by atoms with Crippen LogP contribution in [0.5, 0.6) is 5.75 Å². The molecule has 2 fully saturated rings. The third-order valence-electron chi connectivity index (χ3n) is 5.38. The standard InChI is InChI=1S/C19H27N3O3/c1-14(2)12-22-17(24)19(20(3)18(22)25)8-10-21(11-9-19)13-15-4-6-16(23)7-5-15/h4-7,14,23H,8-13H2,1-3H3. The summed E-state index contributed by atoms with van der Waals surface area (Å²) in [6.07, 6.45) is 1.33. The Bertz CT molecular complexity index is 648. The molecule has 0 aliphatic carbocycles. The summed E-state index contributed by atoms with van der Waals surface area (Å²) < 4.78 is 0. The zero-order valence-corrected chi connectivity index (χ0v) is 15.2. The SMILES string of the molecule is CC(C)CN1C(=O)N(C)C2(CCN(Cc3ccc(O)cc3)CC2)C1=O. The van der Waals surface area contributed by atoms with E-state index in [2.05, 4.69) is 4.90 Å². The minimum Gasteiger partial charge on any atom is -0.508 e. The Morgan fingerprint density at radius 2 is 1.72 bits per heavy atom. The summed E-state index contributed by atoms with van der Waals surface area (Å²) in [6, 6.07) is 7.06. The summed E-state index contributed by atoms with van der Waals surface area (Å²) in [6.45, 7) is 6.87. The van der Waals surface area contributed by atoms with Gasteiger partial charge in [0.1, 0.15) is 11.3 Å². The molecule has 25 heavy (non-hydrogen) atoms. The summed E-state index contributed by atoms with van der Waals surface area (Å²) in [4.78, 5) is 30.9. The number of hydrogen-bond donors (Lipinski definition) is 1. The molecule has 0 saturated carbocycles. The molecule has 0 radical (unpaired) electrons. The van der Waals surface area contributed by atoms with E-state index in [1.165, 1.54) is 4.90 Å². The molecule has 1 aromatic carbocycles. The third kappa shape index (κ3) is 3.23. The number of likely N-dealkylation sites (N-methyl/N-ethyl adjacent to an activating group) is 1. The number of imide groups is 1. The zero-order chi connectivity index (χ0) is 18.2. The normalized spacial score (nSPS) is 21.0. The maximum atomic E-state index is 13.0. The number of phenols is 1. The van der Waals surface area contributed by atoms with Crippen molar-refractivity contribution in [2.75, 3.05) is 26.7 Å². The van der Waals surface area contributed by atoms with Crippen LogP contribution in [0.3, 0.4) is 0 Å². The van der Waals surface area contributed by atoms with Crippen LogP contribution >= 0.6 is 0 Å². The molecule has 0 aromatic heterocycles. The number of carbonyl (C=O) groups is 2. The van der Waals surface area contributed by atoms with Gasteiger partial charge in [0.2, 0.25) is 0 Å². The highest BCUT2D eigenvalue weighted by atomic mass is 16.3. The van der Waals surface area contributed by atoms with Gasteiger partial charge in [-0.3, -0.25) is 14.6 Å². The first-order valence-electron chi connectivity index (χ1n) is 8.93. The Morgan fingerprint density at radius 1 is 1.12 bits per heavy atom. The van der Waals surface area contributed by atoms with E-state index < -0.39 is 5.54 Å². The number of likely N-dealkylation sites (tertiary alicyclic amines) is 1. The van der Waals surface area contributed by atoms with Crippen LogP contribution < -0.4 is 0 Å². The van der Waals surface area contributed by atoms with Crippen LogP contribution in [0.4, 0.5) is 4.79 Å². The fourth-order valence-corrected chi connectivity index (χ4v) is 3.86. The van der Waals surface area contributed by atoms with Gasteiger partial charge < -0.3 is 10.0 Å². The lowest BCUT2D eigenvalue weighted by Gasteiger charge is -2.40. The smallest absolute Gasteiger partial charge is 0.327 e. The highest BCUT2D eigenvalue weighted by molar-refractivity contribution is 6.07. The number of urea groups is 1. The lowest BCUT2D eigenvalue weighted by Crippen LogP contribution is -2.55. The molecular formula is C19H27N3O3. The quantitative estimate of drug-likeness (QED) is 0.851. The minimum atomic E-state index is -0.669. The topological polar surface area (TPSA) is 64.1 Å². The second kappa shape index (κ2) is 6.67. The van der Waals surface area contributed by atoms with Gasteiger partial charge in [-0.15, -0.1) is 0 Å². The van der Waals surface area contributed by atoms with Gasteiger partial charge in [-0.2, -0.15) is 0 Å². The molecule has 2 saturated heterocycles. The number of nitrogens with zero attached hydrogens (tertiary/aromatic N) is 3. The van der Waals surface area contributed by atoms with Crippen molar-refractivity contribution in [3.05, 3.63) is 29.8 Å². The third-order valence-corrected chi connectivity index (χ3v) is 5.38. The fourth-order valence-electron chi connectivity index (χ4n) is 3.86. The Morgan fingerprint density at radius 3 is 2.28 bits per heavy atom. The summed E-state index contributed by atoms with van der Waals surface area (Å²) in [5.41, 5.74) is 0.467. The van der Waals surface area contributed by atoms with E-state index in [0.717, 1.165) is 25.2 Å². The van der Waals surface area contributed by atoms with Crippen molar-refractivity contribution in [2.45, 2.75) is 38.8 Å². The number of benzene rings is 1. The number of hydrogen-bond acceptors (Lipinski definition) is 4. The molecule has 136 valence electrons. The summed E-state index contributed by atoms with van der Waals surface area (Å²) >= 11 is 0. The van der Waals surface area contributed by atoms with Crippen molar-refractivity contribution >= 4 is 11.9 Å². The van der Waals surface area contributed by atoms with Gasteiger partial charge >= 0.3 is 6.03 Å². The monoisotopic (exact) mass is 345 g/mol. The molecule has 0 unspecified atom stereocenters. The van der Waals surface area contributed by atoms with Gasteiger partial charge in [0, 0.05) is 33.2 Å². The number of piperidine rings is 1. The van der Waals surface area contributed by atoms with Crippen LogP contribution in [0.1, 0.15) is 32.3 Å². The molecule has 1 aromatic rings. The van der Waals surface area contributed by atoms with E-state index in [4.69, 9.17) is 0 Å². The van der Waals surface area contributed by atoms with Crippen molar-refractivity contribution in [3.8, 4) is 5.75 Å². The van der Waals surface area contributed by atoms with Gasteiger partial charge in [0.05, 0.1) is 0 Å². The number of carbonyl (C=O) groups excluding carboxylic acids is 2. The van der Waals surface area contributed by atoms with Crippen LogP contribution in [0.25, 0.3) is 0 Å². The molecule has 2 heterocycles. The molecular weight excluding hydrogens is 318 g/mol. The van der Waals surface area contributed by atoms with Gasteiger partial charge in [0.15, 0.2) is 0 Å². The number of amides is 3. The first-order valence-corrected chi connectivity index (χ1v) is 8.93. The van der Waals surface area contributed by atoms with Crippen molar-refractivity contribution in [1.29, 1.82) is 0 Å². The van der Waals surface area contributed by atoms with E-state index >= 15 is 0 Å². The molecule has 1 spiro atoms. The molecule has 3 rings (SSSR count). The van der Waals surface area contributed by atoms with Gasteiger partial charge in [-0.05, 0) is 36.5 Å². The van der Waals surface area contributed by atoms with Gasteiger partial charge in [0.25, 0.3) is 5.91 Å². The molecule has 0 bridgehead atoms. The van der Waals surface area contributed by atoms with E-state index in [9.17, 15) is 14.7 Å². The molecule has 6 heteroatoms. The lowest BCUT2D eigenvalue weighted by molar-refractivity contribution is -0.135. The van der Waals surface area contributed by atoms with Crippen LogP contribution in [0, 0.1) is 5.92 Å². The average Bonchev–Trinajstić information content (AvgIpc) is 2.75. The van der Waals surface area contributed by atoms with E-state index in [-0.39, 0.29) is 23.6 Å². The number of rotatable bonds is 4. The highest BCUT2D eigenvalue weighted by Crippen LogP contribution is 2.36. The maximum absolute atomic E-state index is 13.0. The van der Waals surface area contributed by atoms with Crippen LogP contribution in [-0.4, -0.2) is 64.0 Å².